The number of nitro groups is 1. The standard InChI is InChI=1S/C20H18N6O5/c1-31-20(28)14-9-5-6-10-15(14)23-18-17(26(29)30)19(22-12-21-18)25-24-16(27)11-13-7-3-2-4-8-13/h2-10,12H,11H2,1H3,(H,24,27)(H2,21,22,23,25). The lowest BCUT2D eigenvalue weighted by molar-refractivity contribution is -0.383. The number of rotatable bonds is 8. The number of benzene rings is 2. The summed E-state index contributed by atoms with van der Waals surface area (Å²) in [5, 5.41) is 14.4. The van der Waals surface area contributed by atoms with Crippen LogP contribution >= 0.6 is 0 Å². The van der Waals surface area contributed by atoms with Crippen LogP contribution in [-0.4, -0.2) is 33.9 Å². The van der Waals surface area contributed by atoms with Crippen LogP contribution < -0.4 is 16.2 Å². The molecule has 1 amide bonds. The molecule has 1 aromatic heterocycles. The molecule has 0 aliphatic rings. The predicted molar refractivity (Wildman–Crippen MR) is 112 cm³/mol. The molecule has 0 saturated carbocycles. The Morgan fingerprint density at radius 3 is 2.42 bits per heavy atom. The Balaban J connectivity index is 1.81. The molecular formula is C20H18N6O5. The molecule has 3 rings (SSSR count). The van der Waals surface area contributed by atoms with E-state index in [1.165, 1.54) is 13.2 Å². The molecule has 2 aromatic carbocycles. The SMILES string of the molecule is COC(=O)c1ccccc1Nc1ncnc(NNC(=O)Cc2ccccc2)c1[N+](=O)[O-]. The number of amides is 1. The monoisotopic (exact) mass is 422 g/mol. The Bertz CT molecular complexity index is 1110. The summed E-state index contributed by atoms with van der Waals surface area (Å²) >= 11 is 0. The number of methoxy groups -OCH3 is 1. The molecule has 158 valence electrons. The number of hydrogen-bond donors (Lipinski definition) is 3. The topological polar surface area (TPSA) is 148 Å². The van der Waals surface area contributed by atoms with Crippen molar-refractivity contribution in [1.82, 2.24) is 15.4 Å². The Kier molecular flexibility index (Phi) is 6.68. The van der Waals surface area contributed by atoms with E-state index in [1.54, 1.807) is 42.5 Å². The fraction of sp³-hybridized carbons (Fsp3) is 0.100. The van der Waals surface area contributed by atoms with Crippen LogP contribution in [0.15, 0.2) is 60.9 Å². The smallest absolute Gasteiger partial charge is 0.355 e. The third-order valence-corrected chi connectivity index (χ3v) is 4.12. The molecule has 0 radical (unpaired) electrons. The molecule has 0 unspecified atom stereocenters. The lowest BCUT2D eigenvalue weighted by atomic mass is 10.1. The van der Waals surface area contributed by atoms with E-state index in [4.69, 9.17) is 4.74 Å². The van der Waals surface area contributed by atoms with Gasteiger partial charge < -0.3 is 10.1 Å². The minimum absolute atomic E-state index is 0.0737. The van der Waals surface area contributed by atoms with Crippen molar-refractivity contribution < 1.29 is 19.2 Å². The normalized spacial score (nSPS) is 10.1. The number of carbonyl (C=O) groups is 2. The maximum absolute atomic E-state index is 12.1. The molecule has 0 bridgehead atoms. The molecule has 0 aliphatic heterocycles. The highest BCUT2D eigenvalue weighted by atomic mass is 16.6. The van der Waals surface area contributed by atoms with Crippen LogP contribution in [0.2, 0.25) is 0 Å². The van der Waals surface area contributed by atoms with E-state index in [1.807, 2.05) is 6.07 Å². The molecule has 3 N–H and O–H groups in total. The molecule has 3 aromatic rings. The Morgan fingerprint density at radius 2 is 1.71 bits per heavy atom. The summed E-state index contributed by atoms with van der Waals surface area (Å²) in [5.41, 5.74) is 5.55. The second-order valence-corrected chi connectivity index (χ2v) is 6.17. The van der Waals surface area contributed by atoms with Crippen molar-refractivity contribution in [3.05, 3.63) is 82.2 Å². The van der Waals surface area contributed by atoms with Crippen LogP contribution in [0.1, 0.15) is 15.9 Å². The van der Waals surface area contributed by atoms with E-state index in [-0.39, 0.29) is 29.3 Å². The summed E-state index contributed by atoms with van der Waals surface area (Å²) in [6.07, 6.45) is 1.16. The lowest BCUT2D eigenvalue weighted by Crippen LogP contribution is -2.31. The van der Waals surface area contributed by atoms with E-state index >= 15 is 0 Å². The van der Waals surface area contributed by atoms with E-state index in [9.17, 15) is 19.7 Å². The number of hydrazine groups is 1. The van der Waals surface area contributed by atoms with Crippen molar-refractivity contribution >= 4 is 34.9 Å². The van der Waals surface area contributed by atoms with Gasteiger partial charge in [-0.1, -0.05) is 42.5 Å². The first kappa shape index (κ1) is 21.2. The molecule has 0 atom stereocenters. The first-order chi connectivity index (χ1) is 15.0. The van der Waals surface area contributed by atoms with Crippen molar-refractivity contribution in [3.8, 4) is 0 Å². The summed E-state index contributed by atoms with van der Waals surface area (Å²) in [4.78, 5) is 42.8. The second-order valence-electron chi connectivity index (χ2n) is 6.17. The van der Waals surface area contributed by atoms with Crippen molar-refractivity contribution in [3.63, 3.8) is 0 Å². The Labute approximate surface area is 176 Å². The molecular weight excluding hydrogens is 404 g/mol. The summed E-state index contributed by atoms with van der Waals surface area (Å²) in [5.74, 6) is -1.42. The number of esters is 1. The zero-order valence-electron chi connectivity index (χ0n) is 16.4. The van der Waals surface area contributed by atoms with Gasteiger partial charge in [0.2, 0.25) is 17.5 Å². The third-order valence-electron chi connectivity index (χ3n) is 4.12. The van der Waals surface area contributed by atoms with Gasteiger partial charge in [-0.25, -0.2) is 14.8 Å². The van der Waals surface area contributed by atoms with Gasteiger partial charge in [0, 0.05) is 0 Å². The highest BCUT2D eigenvalue weighted by Crippen LogP contribution is 2.31. The zero-order valence-corrected chi connectivity index (χ0v) is 16.4. The third kappa shape index (κ3) is 5.29. The number of aromatic nitrogens is 2. The Morgan fingerprint density at radius 1 is 1.03 bits per heavy atom. The van der Waals surface area contributed by atoms with Gasteiger partial charge in [0.1, 0.15) is 6.33 Å². The van der Waals surface area contributed by atoms with Gasteiger partial charge in [-0.3, -0.25) is 25.8 Å². The van der Waals surface area contributed by atoms with Crippen LogP contribution in [0, 0.1) is 10.1 Å². The predicted octanol–water partition coefficient (Wildman–Crippen LogP) is 2.60. The molecule has 31 heavy (non-hydrogen) atoms. The molecule has 11 nitrogen and oxygen atoms in total. The summed E-state index contributed by atoms with van der Waals surface area (Å²) < 4.78 is 4.72. The minimum Gasteiger partial charge on any atom is -0.465 e. The minimum atomic E-state index is -0.700. The number of ether oxygens (including phenoxy) is 1. The van der Waals surface area contributed by atoms with E-state index < -0.39 is 22.5 Å². The summed E-state index contributed by atoms with van der Waals surface area (Å²) in [6.45, 7) is 0. The van der Waals surface area contributed by atoms with Gasteiger partial charge in [0.05, 0.1) is 29.7 Å². The van der Waals surface area contributed by atoms with Crippen molar-refractivity contribution in [2.24, 2.45) is 0 Å². The average Bonchev–Trinajstić information content (AvgIpc) is 2.78. The van der Waals surface area contributed by atoms with Crippen LogP contribution in [0.4, 0.5) is 23.0 Å². The summed E-state index contributed by atoms with van der Waals surface area (Å²) in [6, 6.07) is 15.3. The van der Waals surface area contributed by atoms with Crippen molar-refractivity contribution in [2.75, 3.05) is 17.9 Å². The van der Waals surface area contributed by atoms with Gasteiger partial charge in [-0.2, -0.15) is 0 Å². The number of nitrogens with one attached hydrogen (secondary N) is 3. The highest BCUT2D eigenvalue weighted by molar-refractivity contribution is 5.96. The fourth-order valence-electron chi connectivity index (χ4n) is 2.70. The number of para-hydroxylation sites is 1. The van der Waals surface area contributed by atoms with E-state index in [0.717, 1.165) is 11.9 Å². The van der Waals surface area contributed by atoms with Crippen molar-refractivity contribution in [2.45, 2.75) is 6.42 Å². The molecule has 0 fully saturated rings. The van der Waals surface area contributed by atoms with Gasteiger partial charge >= 0.3 is 11.7 Å². The second kappa shape index (κ2) is 9.78. The van der Waals surface area contributed by atoms with E-state index in [0.29, 0.717) is 0 Å². The van der Waals surface area contributed by atoms with Crippen molar-refractivity contribution in [1.29, 1.82) is 0 Å². The van der Waals surface area contributed by atoms with Gasteiger partial charge in [-0.15, -0.1) is 0 Å². The van der Waals surface area contributed by atoms with Crippen LogP contribution in [-0.2, 0) is 16.0 Å². The number of carbonyl (C=O) groups excluding carboxylic acids is 2. The average molecular weight is 422 g/mol. The zero-order chi connectivity index (χ0) is 22.2. The highest BCUT2D eigenvalue weighted by Gasteiger charge is 2.25. The van der Waals surface area contributed by atoms with Gasteiger partial charge in [0.15, 0.2) is 0 Å². The number of nitrogens with zero attached hydrogens (tertiary/aromatic N) is 3. The number of anilines is 3. The first-order valence-electron chi connectivity index (χ1n) is 9.02. The first-order valence-corrected chi connectivity index (χ1v) is 9.02. The molecule has 11 heteroatoms. The number of hydrogen-bond acceptors (Lipinski definition) is 9. The Hall–Kier alpha value is -4.54. The van der Waals surface area contributed by atoms with Crippen LogP contribution in [0.25, 0.3) is 0 Å². The fourth-order valence-corrected chi connectivity index (χ4v) is 2.70. The molecule has 1 heterocycles. The maximum atomic E-state index is 12.1. The largest absolute Gasteiger partial charge is 0.465 e. The molecule has 0 spiro atoms. The van der Waals surface area contributed by atoms with Gasteiger partial charge in [0.25, 0.3) is 0 Å². The van der Waals surface area contributed by atoms with Gasteiger partial charge in [-0.05, 0) is 17.7 Å². The van der Waals surface area contributed by atoms with E-state index in [2.05, 4.69) is 26.1 Å². The lowest BCUT2D eigenvalue weighted by Gasteiger charge is -2.12. The summed E-state index contributed by atoms with van der Waals surface area (Å²) in [7, 11) is 1.23. The quantitative estimate of drug-likeness (QED) is 0.283. The maximum Gasteiger partial charge on any atom is 0.355 e. The van der Waals surface area contributed by atoms with Crippen LogP contribution in [0.5, 0.6) is 0 Å². The molecule has 0 saturated heterocycles. The van der Waals surface area contributed by atoms with Crippen LogP contribution in [0.3, 0.4) is 0 Å². The molecule has 0 aliphatic carbocycles.